The third kappa shape index (κ3) is 4.83. The van der Waals surface area contributed by atoms with E-state index < -0.39 is 0 Å². The first-order valence-electron chi connectivity index (χ1n) is 6.29. The lowest BCUT2D eigenvalue weighted by atomic mass is 10.0. The number of rotatable bonds is 8. The number of aromatic nitrogens is 2. The summed E-state index contributed by atoms with van der Waals surface area (Å²) < 4.78 is 10.4. The van der Waals surface area contributed by atoms with E-state index in [1.807, 2.05) is 6.92 Å². The van der Waals surface area contributed by atoms with E-state index in [1.54, 1.807) is 0 Å². The second kappa shape index (κ2) is 7.40. The van der Waals surface area contributed by atoms with Crippen LogP contribution in [0.1, 0.15) is 39.4 Å². The van der Waals surface area contributed by atoms with Gasteiger partial charge >= 0.3 is 0 Å². The molecule has 1 aromatic heterocycles. The quantitative estimate of drug-likeness (QED) is 0.751. The van der Waals surface area contributed by atoms with Crippen molar-refractivity contribution in [2.75, 3.05) is 13.2 Å². The van der Waals surface area contributed by atoms with Crippen molar-refractivity contribution in [1.29, 1.82) is 0 Å². The van der Waals surface area contributed by atoms with Gasteiger partial charge in [0.2, 0.25) is 5.89 Å². The molecule has 1 N–H and O–H groups in total. The van der Waals surface area contributed by atoms with Gasteiger partial charge in [0, 0.05) is 19.1 Å². The van der Waals surface area contributed by atoms with Gasteiger partial charge in [-0.1, -0.05) is 25.9 Å². The fraction of sp³-hybridized carbons (Fsp3) is 0.833. The predicted molar refractivity (Wildman–Crippen MR) is 65.6 cm³/mol. The van der Waals surface area contributed by atoms with Crippen LogP contribution in [-0.2, 0) is 17.8 Å². The summed E-state index contributed by atoms with van der Waals surface area (Å²) in [5, 5.41) is 7.31. The van der Waals surface area contributed by atoms with Crippen LogP contribution in [0.2, 0.25) is 0 Å². The zero-order valence-corrected chi connectivity index (χ0v) is 11.2. The molecule has 0 aliphatic rings. The molecule has 1 aromatic rings. The summed E-state index contributed by atoms with van der Waals surface area (Å²) in [6, 6.07) is 0.375. The highest BCUT2D eigenvalue weighted by atomic mass is 16.5. The summed E-state index contributed by atoms with van der Waals surface area (Å²) in [6.45, 7) is 10.5. The number of hydrogen-bond acceptors (Lipinski definition) is 5. The van der Waals surface area contributed by atoms with Crippen LogP contribution in [-0.4, -0.2) is 29.3 Å². The molecule has 0 aromatic carbocycles. The van der Waals surface area contributed by atoms with Crippen LogP contribution in [0, 0.1) is 5.92 Å². The van der Waals surface area contributed by atoms with Crippen LogP contribution in [0.5, 0.6) is 0 Å². The van der Waals surface area contributed by atoms with Gasteiger partial charge in [-0.3, -0.25) is 0 Å². The summed E-state index contributed by atoms with van der Waals surface area (Å²) in [4.78, 5) is 4.31. The Bertz CT molecular complexity index is 312. The van der Waals surface area contributed by atoms with E-state index in [0.29, 0.717) is 36.9 Å². The van der Waals surface area contributed by atoms with Crippen molar-refractivity contribution in [3.63, 3.8) is 0 Å². The van der Waals surface area contributed by atoms with Gasteiger partial charge in [0.15, 0.2) is 5.82 Å². The monoisotopic (exact) mass is 241 g/mol. The van der Waals surface area contributed by atoms with Crippen LogP contribution < -0.4 is 5.32 Å². The molecule has 1 heterocycles. The molecule has 17 heavy (non-hydrogen) atoms. The zero-order valence-electron chi connectivity index (χ0n) is 11.2. The molecule has 0 fully saturated rings. The van der Waals surface area contributed by atoms with Crippen LogP contribution in [0.15, 0.2) is 4.52 Å². The van der Waals surface area contributed by atoms with E-state index in [4.69, 9.17) is 9.26 Å². The molecule has 0 radical (unpaired) electrons. The van der Waals surface area contributed by atoms with Gasteiger partial charge in [0.1, 0.15) is 6.61 Å². The van der Waals surface area contributed by atoms with E-state index in [2.05, 4.69) is 36.2 Å². The van der Waals surface area contributed by atoms with Crippen LogP contribution in [0.25, 0.3) is 0 Å². The first-order chi connectivity index (χ1) is 8.17. The molecule has 1 rings (SSSR count). The van der Waals surface area contributed by atoms with Gasteiger partial charge in [0.05, 0.1) is 0 Å². The average Bonchev–Trinajstić information content (AvgIpc) is 2.73. The van der Waals surface area contributed by atoms with E-state index in [9.17, 15) is 0 Å². The standard InChI is InChI=1S/C12H23N3O2/c1-5-13-10(9(3)4)7-12-14-11(15-17-12)8-16-6-2/h9-10,13H,5-8H2,1-4H3. The number of nitrogens with zero attached hydrogens (tertiary/aromatic N) is 2. The number of nitrogens with one attached hydrogen (secondary N) is 1. The Labute approximate surface area is 103 Å². The van der Waals surface area contributed by atoms with Gasteiger partial charge in [-0.05, 0) is 19.4 Å². The normalized spacial score (nSPS) is 13.2. The van der Waals surface area contributed by atoms with Crippen molar-refractivity contribution in [3.05, 3.63) is 11.7 Å². The lowest BCUT2D eigenvalue weighted by Crippen LogP contribution is -2.35. The molecule has 0 saturated heterocycles. The van der Waals surface area contributed by atoms with E-state index in [0.717, 1.165) is 13.0 Å². The molecule has 5 nitrogen and oxygen atoms in total. The van der Waals surface area contributed by atoms with Crippen molar-refractivity contribution in [2.45, 2.75) is 46.8 Å². The molecule has 0 saturated carbocycles. The highest BCUT2D eigenvalue weighted by Crippen LogP contribution is 2.09. The Balaban J connectivity index is 2.51. The van der Waals surface area contributed by atoms with Crippen molar-refractivity contribution in [1.82, 2.24) is 15.5 Å². The van der Waals surface area contributed by atoms with E-state index in [1.165, 1.54) is 0 Å². The summed E-state index contributed by atoms with van der Waals surface area (Å²) in [7, 11) is 0. The summed E-state index contributed by atoms with van der Waals surface area (Å²) >= 11 is 0. The molecule has 0 amide bonds. The molecule has 0 aliphatic carbocycles. The van der Waals surface area contributed by atoms with Gasteiger partial charge in [-0.25, -0.2) is 0 Å². The minimum Gasteiger partial charge on any atom is -0.374 e. The smallest absolute Gasteiger partial charge is 0.228 e. The van der Waals surface area contributed by atoms with Gasteiger partial charge in [-0.15, -0.1) is 0 Å². The fourth-order valence-corrected chi connectivity index (χ4v) is 1.62. The molecular formula is C12H23N3O2. The Morgan fingerprint density at radius 3 is 2.71 bits per heavy atom. The SMILES string of the molecule is CCNC(Cc1nc(COCC)no1)C(C)C. The van der Waals surface area contributed by atoms with Gasteiger partial charge in [0.25, 0.3) is 0 Å². The lowest BCUT2D eigenvalue weighted by Gasteiger charge is -2.19. The van der Waals surface area contributed by atoms with E-state index >= 15 is 0 Å². The third-order valence-electron chi connectivity index (χ3n) is 2.61. The largest absolute Gasteiger partial charge is 0.374 e. The van der Waals surface area contributed by atoms with E-state index in [-0.39, 0.29) is 0 Å². The number of ether oxygens (including phenoxy) is 1. The molecule has 0 spiro atoms. The van der Waals surface area contributed by atoms with Crippen LogP contribution in [0.3, 0.4) is 0 Å². The zero-order chi connectivity index (χ0) is 12.7. The topological polar surface area (TPSA) is 60.2 Å². The highest BCUT2D eigenvalue weighted by Gasteiger charge is 2.16. The molecule has 0 bridgehead atoms. The van der Waals surface area contributed by atoms with Crippen molar-refractivity contribution >= 4 is 0 Å². The first kappa shape index (κ1) is 14.1. The maximum atomic E-state index is 5.23. The third-order valence-corrected chi connectivity index (χ3v) is 2.61. The number of likely N-dealkylation sites (N-methyl/N-ethyl adjacent to an activating group) is 1. The van der Waals surface area contributed by atoms with Crippen LogP contribution in [0.4, 0.5) is 0 Å². The lowest BCUT2D eigenvalue weighted by molar-refractivity contribution is 0.126. The minimum atomic E-state index is 0.375. The highest BCUT2D eigenvalue weighted by molar-refractivity contribution is 4.89. The van der Waals surface area contributed by atoms with Gasteiger partial charge < -0.3 is 14.6 Å². The minimum absolute atomic E-state index is 0.375. The average molecular weight is 241 g/mol. The molecular weight excluding hydrogens is 218 g/mol. The summed E-state index contributed by atoms with van der Waals surface area (Å²) in [5.74, 6) is 1.84. The molecule has 1 unspecified atom stereocenters. The van der Waals surface area contributed by atoms with Crippen molar-refractivity contribution < 1.29 is 9.26 Å². The molecule has 1 atom stereocenters. The maximum absolute atomic E-state index is 5.23. The molecule has 5 heteroatoms. The maximum Gasteiger partial charge on any atom is 0.228 e. The van der Waals surface area contributed by atoms with Crippen LogP contribution >= 0.6 is 0 Å². The Morgan fingerprint density at radius 2 is 2.12 bits per heavy atom. The van der Waals surface area contributed by atoms with Gasteiger partial charge in [-0.2, -0.15) is 4.98 Å². The first-order valence-corrected chi connectivity index (χ1v) is 6.29. The second-order valence-electron chi connectivity index (χ2n) is 4.35. The summed E-state index contributed by atoms with van der Waals surface area (Å²) in [6.07, 6.45) is 0.768. The molecule has 0 aliphatic heterocycles. The molecule has 98 valence electrons. The number of hydrogen-bond donors (Lipinski definition) is 1. The fourth-order valence-electron chi connectivity index (χ4n) is 1.62. The Kier molecular flexibility index (Phi) is 6.15. The second-order valence-corrected chi connectivity index (χ2v) is 4.35. The Morgan fingerprint density at radius 1 is 1.35 bits per heavy atom. The van der Waals surface area contributed by atoms with Crippen molar-refractivity contribution in [2.24, 2.45) is 5.92 Å². The summed E-state index contributed by atoms with van der Waals surface area (Å²) in [5.41, 5.74) is 0. The van der Waals surface area contributed by atoms with Crippen molar-refractivity contribution in [3.8, 4) is 0 Å². The predicted octanol–water partition coefficient (Wildman–Crippen LogP) is 1.78. The Hall–Kier alpha value is -0.940.